The van der Waals surface area contributed by atoms with Gasteiger partial charge < -0.3 is 4.90 Å². The summed E-state index contributed by atoms with van der Waals surface area (Å²) in [4.78, 5) is 15.9. The van der Waals surface area contributed by atoms with E-state index in [1.807, 2.05) is 12.1 Å². The lowest BCUT2D eigenvalue weighted by Gasteiger charge is -2.04. The number of fused-ring (bicyclic) bond motifs is 1. The van der Waals surface area contributed by atoms with Gasteiger partial charge in [0.1, 0.15) is 0 Å². The van der Waals surface area contributed by atoms with Crippen LogP contribution in [0, 0.1) is 0 Å². The first-order valence-corrected chi connectivity index (χ1v) is 4.60. The Bertz CT molecular complexity index is 462. The third kappa shape index (κ3) is 1.65. The highest BCUT2D eigenvalue weighted by Gasteiger charge is 2.23. The van der Waals surface area contributed by atoms with Crippen LogP contribution in [0.1, 0.15) is 21.5 Å². The van der Waals surface area contributed by atoms with Gasteiger partial charge in [-0.15, -0.1) is 0 Å². The normalized spacial score (nSPS) is 13.7. The van der Waals surface area contributed by atoms with Crippen molar-refractivity contribution in [3.63, 3.8) is 0 Å². The molecule has 1 aliphatic heterocycles. The maximum Gasteiger partial charge on any atom is 0.254 e. The van der Waals surface area contributed by atoms with E-state index in [9.17, 15) is 4.79 Å². The smallest absolute Gasteiger partial charge is 0.254 e. The monoisotopic (exact) mass is 202 g/mol. The van der Waals surface area contributed by atoms with Crippen LogP contribution in [0.15, 0.2) is 23.3 Å². The summed E-state index contributed by atoms with van der Waals surface area (Å²) in [7, 11) is 1.77. The van der Waals surface area contributed by atoms with Gasteiger partial charge in [0.25, 0.3) is 5.91 Å². The minimum atomic E-state index is 0.0559. The predicted molar refractivity (Wildman–Crippen MR) is 55.1 cm³/mol. The molecule has 1 aromatic carbocycles. The van der Waals surface area contributed by atoms with Crippen molar-refractivity contribution >= 4 is 5.91 Å². The van der Waals surface area contributed by atoms with E-state index in [1.54, 1.807) is 18.0 Å². The number of carbonyl (C=O) groups excluding carboxylic acids is 1. The molecule has 0 aliphatic carbocycles. The van der Waals surface area contributed by atoms with E-state index in [2.05, 4.69) is 10.0 Å². The number of hydrogen-bond donors (Lipinski definition) is 0. The van der Waals surface area contributed by atoms with E-state index in [-0.39, 0.29) is 5.91 Å². The van der Waals surface area contributed by atoms with Crippen molar-refractivity contribution in [3.8, 4) is 0 Å². The van der Waals surface area contributed by atoms with Crippen LogP contribution >= 0.6 is 0 Å². The number of hydrogen-bond acceptors (Lipinski definition) is 2. The second-order valence-electron chi connectivity index (χ2n) is 3.54. The van der Waals surface area contributed by atoms with Crippen LogP contribution in [0.3, 0.4) is 0 Å². The van der Waals surface area contributed by atoms with Crippen molar-refractivity contribution in [2.24, 2.45) is 5.11 Å². The summed E-state index contributed by atoms with van der Waals surface area (Å²) >= 11 is 0. The molecule has 2 rings (SSSR count). The first-order chi connectivity index (χ1) is 7.22. The Hall–Kier alpha value is -2.00. The highest BCUT2D eigenvalue weighted by atomic mass is 16.2. The summed E-state index contributed by atoms with van der Waals surface area (Å²) < 4.78 is 0. The molecular weight excluding hydrogens is 192 g/mol. The standard InChI is InChI=1S/C10H10N4O/c1-14-6-8-4-7(5-12-13-11)2-3-9(8)10(14)15/h2-4H,5-6H2,1H3. The van der Waals surface area contributed by atoms with Crippen LogP contribution < -0.4 is 0 Å². The molecule has 0 radical (unpaired) electrons. The summed E-state index contributed by atoms with van der Waals surface area (Å²) in [6, 6.07) is 5.54. The molecule has 0 saturated heterocycles. The largest absolute Gasteiger partial charge is 0.337 e. The zero-order valence-electron chi connectivity index (χ0n) is 8.34. The number of benzene rings is 1. The predicted octanol–water partition coefficient (Wildman–Crippen LogP) is 2.08. The van der Waals surface area contributed by atoms with Gasteiger partial charge in [0.05, 0.1) is 6.54 Å². The van der Waals surface area contributed by atoms with Crippen molar-refractivity contribution in [2.75, 3.05) is 7.05 Å². The molecule has 5 nitrogen and oxygen atoms in total. The fourth-order valence-corrected chi connectivity index (χ4v) is 1.73. The van der Waals surface area contributed by atoms with E-state index < -0.39 is 0 Å². The molecule has 0 fully saturated rings. The van der Waals surface area contributed by atoms with Crippen LogP contribution in [-0.2, 0) is 13.1 Å². The number of rotatable bonds is 2. The van der Waals surface area contributed by atoms with Gasteiger partial charge in [0.2, 0.25) is 0 Å². The van der Waals surface area contributed by atoms with Crippen LogP contribution in [-0.4, -0.2) is 17.9 Å². The van der Waals surface area contributed by atoms with E-state index >= 15 is 0 Å². The van der Waals surface area contributed by atoms with Crippen molar-refractivity contribution < 1.29 is 4.79 Å². The Balaban J connectivity index is 2.33. The molecule has 0 atom stereocenters. The fourth-order valence-electron chi connectivity index (χ4n) is 1.73. The highest BCUT2D eigenvalue weighted by Crippen LogP contribution is 2.22. The molecule has 0 aromatic heterocycles. The van der Waals surface area contributed by atoms with Crippen molar-refractivity contribution in [3.05, 3.63) is 45.3 Å². The molecule has 1 aliphatic rings. The second-order valence-corrected chi connectivity index (χ2v) is 3.54. The van der Waals surface area contributed by atoms with Gasteiger partial charge in [0.15, 0.2) is 0 Å². The summed E-state index contributed by atoms with van der Waals surface area (Å²) in [6.45, 7) is 0.972. The lowest BCUT2D eigenvalue weighted by molar-refractivity contribution is 0.0816. The van der Waals surface area contributed by atoms with Gasteiger partial charge in [-0.2, -0.15) is 0 Å². The van der Waals surface area contributed by atoms with Gasteiger partial charge in [-0.25, -0.2) is 0 Å². The molecule has 0 bridgehead atoms. The molecule has 76 valence electrons. The van der Waals surface area contributed by atoms with Crippen LogP contribution in [0.4, 0.5) is 0 Å². The zero-order valence-corrected chi connectivity index (χ0v) is 8.34. The van der Waals surface area contributed by atoms with Crippen molar-refractivity contribution in [2.45, 2.75) is 13.1 Å². The van der Waals surface area contributed by atoms with Gasteiger partial charge in [0, 0.05) is 24.1 Å². The lowest BCUT2D eigenvalue weighted by atomic mass is 10.1. The molecule has 0 N–H and O–H groups in total. The highest BCUT2D eigenvalue weighted by molar-refractivity contribution is 5.98. The maximum atomic E-state index is 11.6. The average molecular weight is 202 g/mol. The number of nitrogens with zero attached hydrogens (tertiary/aromatic N) is 4. The van der Waals surface area contributed by atoms with Crippen LogP contribution in [0.5, 0.6) is 0 Å². The third-order valence-corrected chi connectivity index (χ3v) is 2.47. The van der Waals surface area contributed by atoms with Crippen molar-refractivity contribution in [1.82, 2.24) is 4.90 Å². The number of amides is 1. The Morgan fingerprint density at radius 3 is 3.13 bits per heavy atom. The third-order valence-electron chi connectivity index (χ3n) is 2.47. The van der Waals surface area contributed by atoms with E-state index in [0.29, 0.717) is 13.1 Å². The first-order valence-electron chi connectivity index (χ1n) is 4.60. The lowest BCUT2D eigenvalue weighted by Crippen LogP contribution is -2.17. The number of carbonyl (C=O) groups is 1. The topological polar surface area (TPSA) is 69.1 Å². The summed E-state index contributed by atoms with van der Waals surface area (Å²) in [6.07, 6.45) is 0. The number of azide groups is 1. The Labute approximate surface area is 86.9 Å². The summed E-state index contributed by atoms with van der Waals surface area (Å²) in [5.74, 6) is 0.0559. The molecule has 0 saturated carbocycles. The Kier molecular flexibility index (Phi) is 2.31. The Morgan fingerprint density at radius 1 is 1.60 bits per heavy atom. The fraction of sp³-hybridized carbons (Fsp3) is 0.300. The van der Waals surface area contributed by atoms with Gasteiger partial charge in [-0.05, 0) is 22.7 Å². The minimum Gasteiger partial charge on any atom is -0.337 e. The van der Waals surface area contributed by atoms with E-state index in [0.717, 1.165) is 16.7 Å². The molecular formula is C10H10N4O. The summed E-state index contributed by atoms with van der Waals surface area (Å²) in [5, 5.41) is 3.49. The summed E-state index contributed by atoms with van der Waals surface area (Å²) in [5.41, 5.74) is 10.9. The van der Waals surface area contributed by atoms with E-state index in [1.165, 1.54) is 0 Å². The second kappa shape index (κ2) is 3.63. The zero-order chi connectivity index (χ0) is 10.8. The van der Waals surface area contributed by atoms with Crippen molar-refractivity contribution in [1.29, 1.82) is 0 Å². The van der Waals surface area contributed by atoms with Crippen LogP contribution in [0.2, 0.25) is 0 Å². The average Bonchev–Trinajstić information content (AvgIpc) is 2.52. The Morgan fingerprint density at radius 2 is 2.40 bits per heavy atom. The van der Waals surface area contributed by atoms with Gasteiger partial charge in [-0.1, -0.05) is 17.2 Å². The molecule has 1 heterocycles. The molecule has 15 heavy (non-hydrogen) atoms. The van der Waals surface area contributed by atoms with Gasteiger partial charge >= 0.3 is 0 Å². The maximum absolute atomic E-state index is 11.6. The molecule has 1 amide bonds. The SMILES string of the molecule is CN1Cc2cc(CN=[N+]=[N-])ccc2C1=O. The molecule has 5 heteroatoms. The van der Waals surface area contributed by atoms with E-state index in [4.69, 9.17) is 5.53 Å². The molecule has 1 aromatic rings. The molecule has 0 spiro atoms. The van der Waals surface area contributed by atoms with Gasteiger partial charge in [-0.3, -0.25) is 4.79 Å². The quantitative estimate of drug-likeness (QED) is 0.411. The van der Waals surface area contributed by atoms with Crippen LogP contribution in [0.25, 0.3) is 10.4 Å². The molecule has 0 unspecified atom stereocenters. The minimum absolute atomic E-state index is 0.0559. The first kappa shape index (κ1) is 9.55.